The van der Waals surface area contributed by atoms with Crippen molar-refractivity contribution in [1.82, 2.24) is 19.9 Å². The third-order valence-electron chi connectivity index (χ3n) is 5.63. The van der Waals surface area contributed by atoms with Gasteiger partial charge in [-0.25, -0.2) is 0 Å². The molecular formula is C18H32N4O2. The molecule has 0 unspecified atom stereocenters. The van der Waals surface area contributed by atoms with Crippen LogP contribution in [-0.4, -0.2) is 65.4 Å². The van der Waals surface area contributed by atoms with Gasteiger partial charge < -0.3 is 9.26 Å². The van der Waals surface area contributed by atoms with E-state index in [-0.39, 0.29) is 6.04 Å². The molecule has 0 amide bonds. The van der Waals surface area contributed by atoms with Crippen LogP contribution in [0.25, 0.3) is 0 Å². The smallest absolute Gasteiger partial charge is 0.243 e. The summed E-state index contributed by atoms with van der Waals surface area (Å²) in [5.41, 5.74) is 0. The first-order valence-electron chi connectivity index (χ1n) is 9.51. The third-order valence-corrected chi connectivity index (χ3v) is 5.63. The Morgan fingerprint density at radius 2 is 1.96 bits per heavy atom. The molecule has 2 heterocycles. The second-order valence-corrected chi connectivity index (χ2v) is 7.40. The summed E-state index contributed by atoms with van der Waals surface area (Å²) in [6, 6.07) is 0.202. The fourth-order valence-corrected chi connectivity index (χ4v) is 3.88. The van der Waals surface area contributed by atoms with Crippen molar-refractivity contribution in [3.05, 3.63) is 11.7 Å². The number of rotatable bonds is 6. The summed E-state index contributed by atoms with van der Waals surface area (Å²) < 4.78 is 11.5. The standard InChI is InChI=1S/C18H32N4O2/c1-14-6-4-5-7-17(14)23-13-12-21-8-10-22(11-9-21)15(2)18-19-16(3)20-24-18/h14-15,17H,4-13H2,1-3H3/t14-,15+,17-/m1/s1. The molecule has 0 aromatic carbocycles. The lowest BCUT2D eigenvalue weighted by Gasteiger charge is -2.37. The van der Waals surface area contributed by atoms with E-state index in [1.54, 1.807) is 0 Å². The number of ether oxygens (including phenoxy) is 1. The van der Waals surface area contributed by atoms with E-state index in [1.807, 2.05) is 6.92 Å². The van der Waals surface area contributed by atoms with Gasteiger partial charge in [0.25, 0.3) is 0 Å². The van der Waals surface area contributed by atoms with E-state index in [0.29, 0.717) is 11.9 Å². The first-order valence-corrected chi connectivity index (χ1v) is 9.51. The Morgan fingerprint density at radius 1 is 1.21 bits per heavy atom. The molecule has 2 fully saturated rings. The number of hydrogen-bond donors (Lipinski definition) is 0. The quantitative estimate of drug-likeness (QED) is 0.796. The molecule has 136 valence electrons. The van der Waals surface area contributed by atoms with Crippen LogP contribution in [0.2, 0.25) is 0 Å². The Labute approximate surface area is 145 Å². The molecule has 1 aromatic rings. The van der Waals surface area contributed by atoms with E-state index in [4.69, 9.17) is 9.26 Å². The van der Waals surface area contributed by atoms with Gasteiger partial charge in [-0.1, -0.05) is 24.9 Å². The van der Waals surface area contributed by atoms with Gasteiger partial charge in [0.2, 0.25) is 5.89 Å². The van der Waals surface area contributed by atoms with Crippen molar-refractivity contribution in [2.45, 2.75) is 58.6 Å². The Kier molecular flexibility index (Phi) is 6.25. The maximum atomic E-state index is 6.16. The third kappa shape index (κ3) is 4.55. The van der Waals surface area contributed by atoms with Gasteiger partial charge in [-0.2, -0.15) is 4.98 Å². The van der Waals surface area contributed by atoms with E-state index < -0.39 is 0 Å². The molecule has 24 heavy (non-hydrogen) atoms. The van der Waals surface area contributed by atoms with E-state index >= 15 is 0 Å². The highest BCUT2D eigenvalue weighted by atomic mass is 16.5. The minimum absolute atomic E-state index is 0.202. The molecule has 6 nitrogen and oxygen atoms in total. The summed E-state index contributed by atoms with van der Waals surface area (Å²) in [6.07, 6.45) is 5.77. The average Bonchev–Trinajstić information content (AvgIpc) is 3.03. The van der Waals surface area contributed by atoms with Crippen LogP contribution in [0.3, 0.4) is 0 Å². The van der Waals surface area contributed by atoms with Crippen LogP contribution in [0, 0.1) is 12.8 Å². The molecule has 1 aliphatic carbocycles. The van der Waals surface area contributed by atoms with Gasteiger partial charge in [0.15, 0.2) is 5.82 Å². The number of aromatic nitrogens is 2. The van der Waals surface area contributed by atoms with Gasteiger partial charge in [-0.15, -0.1) is 0 Å². The highest BCUT2D eigenvalue weighted by Gasteiger charge is 2.26. The van der Waals surface area contributed by atoms with Crippen LogP contribution in [-0.2, 0) is 4.74 Å². The first-order chi connectivity index (χ1) is 11.6. The zero-order chi connectivity index (χ0) is 16.9. The van der Waals surface area contributed by atoms with E-state index in [0.717, 1.165) is 51.1 Å². The number of aryl methyl sites for hydroxylation is 1. The van der Waals surface area contributed by atoms with Crippen LogP contribution in [0.1, 0.15) is 57.3 Å². The second kappa shape index (κ2) is 8.41. The van der Waals surface area contributed by atoms with Crippen LogP contribution in [0.4, 0.5) is 0 Å². The number of nitrogens with zero attached hydrogens (tertiary/aromatic N) is 4. The van der Waals surface area contributed by atoms with Gasteiger partial charge in [0.1, 0.15) is 0 Å². The van der Waals surface area contributed by atoms with Crippen molar-refractivity contribution in [2.24, 2.45) is 5.92 Å². The summed E-state index contributed by atoms with van der Waals surface area (Å²) >= 11 is 0. The van der Waals surface area contributed by atoms with Crippen molar-refractivity contribution < 1.29 is 9.26 Å². The second-order valence-electron chi connectivity index (χ2n) is 7.40. The molecule has 0 N–H and O–H groups in total. The molecule has 0 bridgehead atoms. The van der Waals surface area contributed by atoms with Gasteiger partial charge >= 0.3 is 0 Å². The lowest BCUT2D eigenvalue weighted by molar-refractivity contribution is -0.0198. The molecule has 2 aliphatic rings. The number of hydrogen-bond acceptors (Lipinski definition) is 6. The highest BCUT2D eigenvalue weighted by Crippen LogP contribution is 2.26. The monoisotopic (exact) mass is 336 g/mol. The topological polar surface area (TPSA) is 54.6 Å². The van der Waals surface area contributed by atoms with Crippen molar-refractivity contribution in [1.29, 1.82) is 0 Å². The van der Waals surface area contributed by atoms with Crippen molar-refractivity contribution in [2.75, 3.05) is 39.3 Å². The lowest BCUT2D eigenvalue weighted by atomic mass is 9.88. The Morgan fingerprint density at radius 3 is 2.62 bits per heavy atom. The van der Waals surface area contributed by atoms with Crippen LogP contribution >= 0.6 is 0 Å². The molecule has 3 atom stereocenters. The average molecular weight is 336 g/mol. The summed E-state index contributed by atoms with van der Waals surface area (Å²) in [4.78, 5) is 9.29. The lowest BCUT2D eigenvalue weighted by Crippen LogP contribution is -2.48. The maximum Gasteiger partial charge on any atom is 0.243 e. The predicted octanol–water partition coefficient (Wildman–Crippen LogP) is 2.65. The van der Waals surface area contributed by atoms with Crippen molar-refractivity contribution in [3.8, 4) is 0 Å². The molecule has 0 radical (unpaired) electrons. The molecule has 1 aliphatic heterocycles. The highest BCUT2D eigenvalue weighted by molar-refractivity contribution is 4.91. The molecule has 1 saturated carbocycles. The van der Waals surface area contributed by atoms with Crippen molar-refractivity contribution >= 4 is 0 Å². The summed E-state index contributed by atoms with van der Waals surface area (Å²) in [5.74, 6) is 2.18. The van der Waals surface area contributed by atoms with Crippen LogP contribution in [0.5, 0.6) is 0 Å². The fraction of sp³-hybridized carbons (Fsp3) is 0.889. The van der Waals surface area contributed by atoms with Crippen LogP contribution in [0.15, 0.2) is 4.52 Å². The maximum absolute atomic E-state index is 6.16. The molecule has 0 spiro atoms. The normalized spacial score (nSPS) is 28.1. The Hall–Kier alpha value is -0.980. The zero-order valence-electron chi connectivity index (χ0n) is 15.4. The van der Waals surface area contributed by atoms with Gasteiger partial charge in [0.05, 0.1) is 18.8 Å². The molecule has 6 heteroatoms. The van der Waals surface area contributed by atoms with Crippen LogP contribution < -0.4 is 0 Å². The summed E-state index contributed by atoms with van der Waals surface area (Å²) in [5, 5.41) is 3.90. The minimum Gasteiger partial charge on any atom is -0.377 e. The predicted molar refractivity (Wildman–Crippen MR) is 92.8 cm³/mol. The largest absolute Gasteiger partial charge is 0.377 e. The zero-order valence-corrected chi connectivity index (χ0v) is 15.4. The number of piperazine rings is 1. The van der Waals surface area contributed by atoms with Gasteiger partial charge in [-0.05, 0) is 32.6 Å². The molecule has 3 rings (SSSR count). The Balaban J connectivity index is 1.36. The van der Waals surface area contributed by atoms with Crippen molar-refractivity contribution in [3.63, 3.8) is 0 Å². The molecule has 1 saturated heterocycles. The Bertz CT molecular complexity index is 499. The first kappa shape index (κ1) is 17.8. The fourth-order valence-electron chi connectivity index (χ4n) is 3.88. The summed E-state index contributed by atoms with van der Waals surface area (Å²) in [6.45, 7) is 12.5. The van der Waals surface area contributed by atoms with Gasteiger partial charge in [0, 0.05) is 32.7 Å². The SMILES string of the molecule is Cc1noc([C@H](C)N2CCN(CCO[C@@H]3CCCC[C@H]3C)CC2)n1. The van der Waals surface area contributed by atoms with E-state index in [1.165, 1.54) is 25.7 Å². The molecular weight excluding hydrogens is 304 g/mol. The minimum atomic E-state index is 0.202. The van der Waals surface area contributed by atoms with Gasteiger partial charge in [-0.3, -0.25) is 9.80 Å². The summed E-state index contributed by atoms with van der Waals surface area (Å²) in [7, 11) is 0. The van der Waals surface area contributed by atoms with E-state index in [9.17, 15) is 0 Å². The molecule has 1 aromatic heterocycles. The van der Waals surface area contributed by atoms with E-state index in [2.05, 4.69) is 33.8 Å².